The molecule has 2 rings (SSSR count). The number of benzene rings is 1. The lowest BCUT2D eigenvalue weighted by Crippen LogP contribution is -2.38. The van der Waals surface area contributed by atoms with Crippen molar-refractivity contribution in [3.05, 3.63) is 51.0 Å². The van der Waals surface area contributed by atoms with Crippen molar-refractivity contribution in [2.24, 2.45) is 4.99 Å². The van der Waals surface area contributed by atoms with Gasteiger partial charge in [-0.3, -0.25) is 4.99 Å². The molecule has 124 valence electrons. The van der Waals surface area contributed by atoms with Gasteiger partial charge in [0.2, 0.25) is 0 Å². The Morgan fingerprint density at radius 3 is 2.43 bits per heavy atom. The van der Waals surface area contributed by atoms with Crippen LogP contribution in [-0.4, -0.2) is 24.5 Å². The maximum atomic E-state index is 4.45. The first-order valence-corrected chi connectivity index (χ1v) is 8.75. The smallest absolute Gasteiger partial charge is 0.191 e. The molecule has 5 heteroatoms. The van der Waals surface area contributed by atoms with E-state index in [4.69, 9.17) is 0 Å². The lowest BCUT2D eigenvalue weighted by molar-refractivity contribution is 0.699. The molecule has 0 saturated heterocycles. The van der Waals surface area contributed by atoms with Crippen LogP contribution in [0, 0.1) is 20.8 Å². The summed E-state index contributed by atoms with van der Waals surface area (Å²) in [5, 5.41) is 7.87. The van der Waals surface area contributed by atoms with Crippen LogP contribution in [0.1, 0.15) is 39.5 Å². The molecular formula is C18H26N4S. The molecule has 0 fully saturated rings. The Kier molecular flexibility index (Phi) is 6.16. The molecule has 1 unspecified atom stereocenters. The number of hydrogen-bond acceptors (Lipinski definition) is 3. The van der Waals surface area contributed by atoms with Crippen LogP contribution in [0.3, 0.4) is 0 Å². The Labute approximate surface area is 143 Å². The Balaban J connectivity index is 1.85. The van der Waals surface area contributed by atoms with Gasteiger partial charge in [-0.25, -0.2) is 4.98 Å². The first-order valence-electron chi connectivity index (χ1n) is 7.93. The minimum Gasteiger partial charge on any atom is -0.356 e. The quantitative estimate of drug-likeness (QED) is 0.651. The summed E-state index contributed by atoms with van der Waals surface area (Å²) in [7, 11) is 1.80. The number of hydrogen-bond donors (Lipinski definition) is 2. The molecule has 0 radical (unpaired) electrons. The van der Waals surface area contributed by atoms with Gasteiger partial charge in [0.1, 0.15) is 0 Å². The average Bonchev–Trinajstić information content (AvgIpc) is 2.85. The molecule has 0 bridgehead atoms. The number of guanidine groups is 1. The van der Waals surface area contributed by atoms with E-state index in [0.717, 1.165) is 29.8 Å². The number of nitrogens with one attached hydrogen (secondary N) is 2. The maximum Gasteiger partial charge on any atom is 0.191 e. The van der Waals surface area contributed by atoms with Crippen LogP contribution >= 0.6 is 11.3 Å². The Morgan fingerprint density at radius 1 is 1.17 bits per heavy atom. The van der Waals surface area contributed by atoms with Gasteiger partial charge >= 0.3 is 0 Å². The fourth-order valence-corrected chi connectivity index (χ4v) is 3.26. The molecule has 0 spiro atoms. The van der Waals surface area contributed by atoms with Gasteiger partial charge in [-0.15, -0.1) is 11.3 Å². The Bertz CT molecular complexity index is 658. The van der Waals surface area contributed by atoms with Gasteiger partial charge in [0.25, 0.3) is 0 Å². The Morgan fingerprint density at radius 2 is 1.87 bits per heavy atom. The van der Waals surface area contributed by atoms with E-state index in [1.54, 1.807) is 18.4 Å². The zero-order valence-electron chi connectivity index (χ0n) is 14.6. The predicted octanol–water partition coefficient (Wildman–Crippen LogP) is 3.54. The van der Waals surface area contributed by atoms with Crippen LogP contribution in [-0.2, 0) is 6.54 Å². The van der Waals surface area contributed by atoms with E-state index >= 15 is 0 Å². The third kappa shape index (κ3) is 5.06. The molecule has 0 saturated carbocycles. The van der Waals surface area contributed by atoms with E-state index in [1.165, 1.54) is 16.0 Å². The number of rotatable bonds is 5. The lowest BCUT2D eigenvalue weighted by Gasteiger charge is -2.16. The lowest BCUT2D eigenvalue weighted by atomic mass is 10.0. The van der Waals surface area contributed by atoms with Crippen LogP contribution < -0.4 is 10.6 Å². The van der Waals surface area contributed by atoms with Gasteiger partial charge in [0, 0.05) is 18.5 Å². The summed E-state index contributed by atoms with van der Waals surface area (Å²) in [4.78, 5) is 10.0. The molecule has 0 aliphatic heterocycles. The van der Waals surface area contributed by atoms with Gasteiger partial charge in [0.15, 0.2) is 5.96 Å². The molecule has 1 aromatic heterocycles. The van der Waals surface area contributed by atoms with Gasteiger partial charge in [-0.2, -0.15) is 0 Å². The largest absolute Gasteiger partial charge is 0.356 e. The molecular weight excluding hydrogens is 304 g/mol. The second-order valence-corrected chi connectivity index (χ2v) is 7.15. The zero-order valence-corrected chi connectivity index (χ0v) is 15.4. The summed E-state index contributed by atoms with van der Waals surface area (Å²) in [6.07, 6.45) is 0. The first kappa shape index (κ1) is 17.5. The van der Waals surface area contributed by atoms with Crippen molar-refractivity contribution in [1.82, 2.24) is 15.6 Å². The third-order valence-electron chi connectivity index (χ3n) is 3.86. The fourth-order valence-electron chi connectivity index (χ4n) is 2.38. The molecule has 1 atom stereocenters. The first-order chi connectivity index (χ1) is 11.0. The van der Waals surface area contributed by atoms with Crippen molar-refractivity contribution in [1.29, 1.82) is 0 Å². The van der Waals surface area contributed by atoms with Crippen LogP contribution in [0.15, 0.2) is 29.3 Å². The van der Waals surface area contributed by atoms with E-state index < -0.39 is 0 Å². The molecule has 0 amide bonds. The standard InChI is InChI=1S/C18H26N4S/c1-12-6-8-16(9-7-12)13(2)10-20-18(19-5)21-11-17-14(3)22-15(4)23-17/h6-9,13H,10-11H2,1-5H3,(H2,19,20,21). The number of nitrogens with zero attached hydrogens (tertiary/aromatic N) is 2. The van der Waals surface area contributed by atoms with Crippen LogP contribution in [0.25, 0.3) is 0 Å². The highest BCUT2D eigenvalue weighted by atomic mass is 32.1. The summed E-state index contributed by atoms with van der Waals surface area (Å²) in [5.74, 6) is 1.26. The average molecular weight is 331 g/mol. The minimum absolute atomic E-state index is 0.432. The fraction of sp³-hybridized carbons (Fsp3) is 0.444. The van der Waals surface area contributed by atoms with Crippen LogP contribution in [0.5, 0.6) is 0 Å². The van der Waals surface area contributed by atoms with Gasteiger partial charge < -0.3 is 10.6 Å². The van der Waals surface area contributed by atoms with Crippen molar-refractivity contribution in [3.63, 3.8) is 0 Å². The van der Waals surface area contributed by atoms with Crippen molar-refractivity contribution in [2.45, 2.75) is 40.2 Å². The van der Waals surface area contributed by atoms with E-state index in [0.29, 0.717) is 5.92 Å². The monoisotopic (exact) mass is 330 g/mol. The highest BCUT2D eigenvalue weighted by Crippen LogP contribution is 2.17. The molecule has 23 heavy (non-hydrogen) atoms. The van der Waals surface area contributed by atoms with E-state index in [9.17, 15) is 0 Å². The molecule has 2 aromatic rings. The van der Waals surface area contributed by atoms with Crippen LogP contribution in [0.4, 0.5) is 0 Å². The molecule has 0 aliphatic rings. The van der Waals surface area contributed by atoms with E-state index in [-0.39, 0.29) is 0 Å². The van der Waals surface area contributed by atoms with Crippen molar-refractivity contribution in [2.75, 3.05) is 13.6 Å². The predicted molar refractivity (Wildman–Crippen MR) is 99.4 cm³/mol. The number of aliphatic imine (C=N–C) groups is 1. The van der Waals surface area contributed by atoms with Crippen molar-refractivity contribution < 1.29 is 0 Å². The summed E-state index contributed by atoms with van der Waals surface area (Å²) in [6, 6.07) is 8.71. The van der Waals surface area contributed by atoms with Gasteiger partial charge in [-0.05, 0) is 32.3 Å². The summed E-state index contributed by atoms with van der Waals surface area (Å²) in [6.45, 7) is 10.0. The van der Waals surface area contributed by atoms with Gasteiger partial charge in [0.05, 0.1) is 17.2 Å². The zero-order chi connectivity index (χ0) is 16.8. The summed E-state index contributed by atoms with van der Waals surface area (Å²) >= 11 is 1.73. The van der Waals surface area contributed by atoms with Crippen molar-refractivity contribution >= 4 is 17.3 Å². The van der Waals surface area contributed by atoms with E-state index in [2.05, 4.69) is 65.6 Å². The minimum atomic E-state index is 0.432. The normalized spacial score (nSPS) is 13.0. The number of aryl methyl sites for hydroxylation is 3. The second-order valence-electron chi connectivity index (χ2n) is 5.86. The molecule has 4 nitrogen and oxygen atoms in total. The summed E-state index contributed by atoms with van der Waals surface area (Å²) < 4.78 is 0. The highest BCUT2D eigenvalue weighted by molar-refractivity contribution is 7.11. The second kappa shape index (κ2) is 8.11. The number of aromatic nitrogens is 1. The topological polar surface area (TPSA) is 49.3 Å². The maximum absolute atomic E-state index is 4.45. The van der Waals surface area contributed by atoms with Crippen molar-refractivity contribution in [3.8, 4) is 0 Å². The Hall–Kier alpha value is -1.88. The molecule has 1 aromatic carbocycles. The molecule has 1 heterocycles. The highest BCUT2D eigenvalue weighted by Gasteiger charge is 2.08. The van der Waals surface area contributed by atoms with E-state index in [1.807, 2.05) is 6.92 Å². The molecule has 0 aliphatic carbocycles. The van der Waals surface area contributed by atoms with Crippen LogP contribution in [0.2, 0.25) is 0 Å². The number of thiazole rings is 1. The SMILES string of the molecule is CN=C(NCc1sc(C)nc1C)NCC(C)c1ccc(C)cc1. The summed E-state index contributed by atoms with van der Waals surface area (Å²) in [5.41, 5.74) is 3.73. The van der Waals surface area contributed by atoms with Gasteiger partial charge in [-0.1, -0.05) is 36.8 Å². The third-order valence-corrected chi connectivity index (χ3v) is 4.93. The molecule has 2 N–H and O–H groups in total.